The standard InChI is InChI=1S/C11H19N2/c1-2-10(1)13(11-3-4-11)8-9-5-6-12-7-9/h9-11H,1-8H2/t9-/m0/s1. The first-order valence-electron chi connectivity index (χ1n) is 5.82. The van der Waals surface area contributed by atoms with Crippen molar-refractivity contribution in [3.05, 3.63) is 0 Å². The first-order valence-corrected chi connectivity index (χ1v) is 5.82. The van der Waals surface area contributed by atoms with Crippen LogP contribution in [0, 0.1) is 5.92 Å². The molecule has 0 N–H and O–H groups in total. The average Bonchev–Trinajstić information content (AvgIpc) is 3.04. The third-order valence-electron chi connectivity index (χ3n) is 3.58. The molecular weight excluding hydrogens is 160 g/mol. The van der Waals surface area contributed by atoms with Crippen LogP contribution in [0.4, 0.5) is 0 Å². The molecule has 3 rings (SSSR count). The maximum atomic E-state index is 4.45. The fourth-order valence-corrected chi connectivity index (χ4v) is 2.49. The topological polar surface area (TPSA) is 17.3 Å². The molecule has 13 heavy (non-hydrogen) atoms. The summed E-state index contributed by atoms with van der Waals surface area (Å²) in [5.41, 5.74) is 0. The Balaban J connectivity index is 1.54. The van der Waals surface area contributed by atoms with Gasteiger partial charge in [-0.2, -0.15) is 0 Å². The highest BCUT2D eigenvalue weighted by Crippen LogP contribution is 2.38. The molecule has 1 aliphatic heterocycles. The number of hydrogen-bond acceptors (Lipinski definition) is 1. The summed E-state index contributed by atoms with van der Waals surface area (Å²) in [5.74, 6) is 0.904. The largest absolute Gasteiger partial charge is 0.297 e. The second-order valence-electron chi connectivity index (χ2n) is 4.94. The number of hydrogen-bond donors (Lipinski definition) is 0. The second kappa shape index (κ2) is 3.25. The van der Waals surface area contributed by atoms with E-state index in [1.54, 1.807) is 0 Å². The second-order valence-corrected chi connectivity index (χ2v) is 4.94. The van der Waals surface area contributed by atoms with Gasteiger partial charge in [0, 0.05) is 31.7 Å². The van der Waals surface area contributed by atoms with Crippen molar-refractivity contribution < 1.29 is 0 Å². The first kappa shape index (κ1) is 8.25. The molecule has 0 amide bonds. The Kier molecular flexibility index (Phi) is 2.06. The third-order valence-corrected chi connectivity index (χ3v) is 3.58. The zero-order valence-corrected chi connectivity index (χ0v) is 8.28. The predicted molar refractivity (Wildman–Crippen MR) is 52.7 cm³/mol. The molecule has 3 aliphatic rings. The van der Waals surface area contributed by atoms with E-state index >= 15 is 0 Å². The van der Waals surface area contributed by atoms with Gasteiger partial charge in [-0.25, -0.2) is 5.32 Å². The van der Waals surface area contributed by atoms with Crippen molar-refractivity contribution in [3.8, 4) is 0 Å². The van der Waals surface area contributed by atoms with Crippen LogP contribution in [0.2, 0.25) is 0 Å². The zero-order valence-electron chi connectivity index (χ0n) is 8.28. The summed E-state index contributed by atoms with van der Waals surface area (Å²) in [6, 6.07) is 1.96. The quantitative estimate of drug-likeness (QED) is 0.634. The maximum absolute atomic E-state index is 4.45. The normalized spacial score (nSPS) is 34.4. The molecule has 1 radical (unpaired) electrons. The minimum Gasteiger partial charge on any atom is -0.297 e. The van der Waals surface area contributed by atoms with E-state index in [2.05, 4.69) is 10.2 Å². The molecule has 2 saturated carbocycles. The summed E-state index contributed by atoms with van der Waals surface area (Å²) in [5, 5.41) is 4.45. The molecule has 0 aromatic carbocycles. The Hall–Kier alpha value is -0.0800. The summed E-state index contributed by atoms with van der Waals surface area (Å²) >= 11 is 0. The van der Waals surface area contributed by atoms with Gasteiger partial charge in [-0.3, -0.25) is 4.90 Å². The monoisotopic (exact) mass is 179 g/mol. The fraction of sp³-hybridized carbons (Fsp3) is 1.00. The highest BCUT2D eigenvalue weighted by molar-refractivity contribution is 4.95. The molecule has 0 unspecified atom stereocenters. The van der Waals surface area contributed by atoms with Gasteiger partial charge in [0.15, 0.2) is 0 Å². The van der Waals surface area contributed by atoms with Crippen molar-refractivity contribution in [1.82, 2.24) is 10.2 Å². The minimum atomic E-state index is 0.904. The molecule has 1 heterocycles. The lowest BCUT2D eigenvalue weighted by atomic mass is 10.1. The highest BCUT2D eigenvalue weighted by atomic mass is 15.2. The van der Waals surface area contributed by atoms with Gasteiger partial charge in [0.2, 0.25) is 0 Å². The van der Waals surface area contributed by atoms with Crippen LogP contribution in [0.15, 0.2) is 0 Å². The molecule has 73 valence electrons. The minimum absolute atomic E-state index is 0.904. The number of rotatable bonds is 4. The lowest BCUT2D eigenvalue weighted by Crippen LogP contribution is -2.34. The van der Waals surface area contributed by atoms with Crippen LogP contribution in [0.25, 0.3) is 0 Å². The van der Waals surface area contributed by atoms with Crippen molar-refractivity contribution in [3.63, 3.8) is 0 Å². The van der Waals surface area contributed by atoms with Crippen molar-refractivity contribution in [2.45, 2.75) is 44.2 Å². The van der Waals surface area contributed by atoms with Crippen LogP contribution in [-0.4, -0.2) is 36.6 Å². The molecule has 2 heteroatoms. The number of nitrogens with zero attached hydrogens (tertiary/aromatic N) is 2. The lowest BCUT2D eigenvalue weighted by Gasteiger charge is -2.24. The first-order chi connectivity index (χ1) is 6.43. The van der Waals surface area contributed by atoms with Crippen LogP contribution in [-0.2, 0) is 0 Å². The van der Waals surface area contributed by atoms with Crippen LogP contribution in [0.1, 0.15) is 32.1 Å². The molecule has 0 bridgehead atoms. The maximum Gasteiger partial charge on any atom is 0.0174 e. The average molecular weight is 179 g/mol. The van der Waals surface area contributed by atoms with E-state index in [9.17, 15) is 0 Å². The SMILES string of the molecule is C1C[C@H](CN(C2CC2)C2CC2)C[N]1. The molecule has 3 fully saturated rings. The lowest BCUT2D eigenvalue weighted by molar-refractivity contribution is 0.217. The van der Waals surface area contributed by atoms with E-state index < -0.39 is 0 Å². The smallest absolute Gasteiger partial charge is 0.0174 e. The summed E-state index contributed by atoms with van der Waals surface area (Å²) in [7, 11) is 0. The zero-order chi connectivity index (χ0) is 8.67. The Bertz CT molecular complexity index is 167. The molecular formula is C11H19N2. The van der Waals surface area contributed by atoms with Gasteiger partial charge in [0.1, 0.15) is 0 Å². The molecule has 0 aromatic heterocycles. The summed E-state index contributed by atoms with van der Waals surface area (Å²) in [6.45, 7) is 3.64. The van der Waals surface area contributed by atoms with Crippen LogP contribution < -0.4 is 5.32 Å². The van der Waals surface area contributed by atoms with Crippen molar-refractivity contribution >= 4 is 0 Å². The summed E-state index contributed by atoms with van der Waals surface area (Å²) in [4.78, 5) is 2.80. The van der Waals surface area contributed by atoms with Gasteiger partial charge in [-0.1, -0.05) is 0 Å². The Morgan fingerprint density at radius 1 is 1.00 bits per heavy atom. The van der Waals surface area contributed by atoms with Gasteiger partial charge in [0.25, 0.3) is 0 Å². The third kappa shape index (κ3) is 1.89. The Labute approximate surface area is 80.7 Å². The Morgan fingerprint density at radius 3 is 2.15 bits per heavy atom. The van der Waals surface area contributed by atoms with E-state index in [1.165, 1.54) is 38.6 Å². The molecule has 2 nitrogen and oxygen atoms in total. The van der Waals surface area contributed by atoms with Gasteiger partial charge < -0.3 is 0 Å². The molecule has 2 aliphatic carbocycles. The summed E-state index contributed by atoms with van der Waals surface area (Å²) in [6.07, 6.45) is 7.25. The van der Waals surface area contributed by atoms with Gasteiger partial charge >= 0.3 is 0 Å². The molecule has 1 saturated heterocycles. The van der Waals surface area contributed by atoms with Crippen LogP contribution >= 0.6 is 0 Å². The van der Waals surface area contributed by atoms with E-state index in [0.717, 1.165) is 31.1 Å². The van der Waals surface area contributed by atoms with Crippen molar-refractivity contribution in [2.24, 2.45) is 5.92 Å². The van der Waals surface area contributed by atoms with Crippen LogP contribution in [0.3, 0.4) is 0 Å². The van der Waals surface area contributed by atoms with E-state index in [4.69, 9.17) is 0 Å². The fourth-order valence-electron chi connectivity index (χ4n) is 2.49. The van der Waals surface area contributed by atoms with E-state index in [-0.39, 0.29) is 0 Å². The van der Waals surface area contributed by atoms with E-state index in [1.807, 2.05) is 0 Å². The molecule has 0 aromatic rings. The van der Waals surface area contributed by atoms with Gasteiger partial charge in [0.05, 0.1) is 0 Å². The van der Waals surface area contributed by atoms with E-state index in [0.29, 0.717) is 0 Å². The predicted octanol–water partition coefficient (Wildman–Crippen LogP) is 1.24. The highest BCUT2D eigenvalue weighted by Gasteiger charge is 2.40. The van der Waals surface area contributed by atoms with Crippen LogP contribution in [0.5, 0.6) is 0 Å². The molecule has 0 spiro atoms. The summed E-state index contributed by atoms with van der Waals surface area (Å²) < 4.78 is 0. The van der Waals surface area contributed by atoms with Gasteiger partial charge in [-0.05, 0) is 38.0 Å². The van der Waals surface area contributed by atoms with Crippen molar-refractivity contribution in [2.75, 3.05) is 19.6 Å². The molecule has 1 atom stereocenters. The Morgan fingerprint density at radius 2 is 1.69 bits per heavy atom. The van der Waals surface area contributed by atoms with Gasteiger partial charge in [-0.15, -0.1) is 0 Å². The van der Waals surface area contributed by atoms with Crippen molar-refractivity contribution in [1.29, 1.82) is 0 Å².